The van der Waals surface area contributed by atoms with Crippen LogP contribution in [0.2, 0.25) is 0 Å². The summed E-state index contributed by atoms with van der Waals surface area (Å²) in [5.74, 6) is 0. The molecule has 56 valence electrons. The first-order valence-electron chi connectivity index (χ1n) is 3.44. The first kappa shape index (κ1) is 8.95. The maximum atomic E-state index is 3.88. The minimum Gasteiger partial charge on any atom is -0.390 e. The van der Waals surface area contributed by atoms with Crippen molar-refractivity contribution in [2.75, 3.05) is 6.54 Å². The van der Waals surface area contributed by atoms with E-state index in [9.17, 15) is 0 Å². The van der Waals surface area contributed by atoms with E-state index in [2.05, 4.69) is 23.8 Å². The maximum Gasteiger partial charge on any atom is 0.0424 e. The Morgan fingerprint density at radius 2 is 2.40 bits per heavy atom. The van der Waals surface area contributed by atoms with Crippen molar-refractivity contribution >= 4 is 6.21 Å². The Morgan fingerprint density at radius 3 is 3.00 bits per heavy atom. The van der Waals surface area contributed by atoms with E-state index in [1.54, 1.807) is 18.5 Å². The van der Waals surface area contributed by atoms with Crippen molar-refractivity contribution in [1.29, 1.82) is 0 Å². The van der Waals surface area contributed by atoms with Gasteiger partial charge in [-0.3, -0.25) is 4.99 Å². The number of nitrogens with one attached hydrogen (secondary N) is 1. The molecule has 0 aliphatic heterocycles. The highest BCUT2D eigenvalue weighted by molar-refractivity contribution is 5.70. The molecule has 0 aromatic rings. The molecule has 0 rings (SSSR count). The molecule has 0 spiro atoms. The lowest BCUT2D eigenvalue weighted by atomic mass is 10.5. The predicted molar refractivity (Wildman–Crippen MR) is 46.1 cm³/mol. The Morgan fingerprint density at radius 1 is 1.60 bits per heavy atom. The van der Waals surface area contributed by atoms with Crippen molar-refractivity contribution in [2.45, 2.75) is 13.3 Å². The zero-order valence-corrected chi connectivity index (χ0v) is 6.38. The van der Waals surface area contributed by atoms with E-state index in [1.807, 2.05) is 6.20 Å². The van der Waals surface area contributed by atoms with E-state index < -0.39 is 0 Å². The second-order valence-electron chi connectivity index (χ2n) is 1.80. The second kappa shape index (κ2) is 7.95. The quantitative estimate of drug-likeness (QED) is 0.454. The first-order chi connectivity index (χ1) is 4.91. The molecule has 10 heavy (non-hydrogen) atoms. The van der Waals surface area contributed by atoms with Gasteiger partial charge < -0.3 is 5.32 Å². The van der Waals surface area contributed by atoms with Crippen LogP contribution in [-0.2, 0) is 0 Å². The molecule has 0 aliphatic rings. The van der Waals surface area contributed by atoms with E-state index >= 15 is 0 Å². The van der Waals surface area contributed by atoms with Crippen molar-refractivity contribution in [3.05, 3.63) is 25.1 Å². The Labute approximate surface area is 62.4 Å². The Hall–Kier alpha value is -1.05. The van der Waals surface area contributed by atoms with Gasteiger partial charge in [0.05, 0.1) is 0 Å². The van der Waals surface area contributed by atoms with Gasteiger partial charge in [0.15, 0.2) is 0 Å². The van der Waals surface area contributed by atoms with E-state index in [4.69, 9.17) is 0 Å². The third kappa shape index (κ3) is 6.95. The normalized spacial score (nSPS) is 10.9. The minimum absolute atomic E-state index is 1.00. The monoisotopic (exact) mass is 138 g/mol. The van der Waals surface area contributed by atoms with Gasteiger partial charge in [-0.05, 0) is 6.42 Å². The highest BCUT2D eigenvalue weighted by atomic mass is 14.8. The van der Waals surface area contributed by atoms with Crippen molar-refractivity contribution in [3.8, 4) is 0 Å². The zero-order chi connectivity index (χ0) is 7.66. The lowest BCUT2D eigenvalue weighted by Crippen LogP contribution is -2.04. The van der Waals surface area contributed by atoms with E-state index in [0.29, 0.717) is 0 Å². The lowest BCUT2D eigenvalue weighted by molar-refractivity contribution is 0.808. The van der Waals surface area contributed by atoms with Gasteiger partial charge in [-0.1, -0.05) is 19.6 Å². The van der Waals surface area contributed by atoms with Crippen LogP contribution in [0.1, 0.15) is 13.3 Å². The fraction of sp³-hybridized carbons (Fsp3) is 0.375. The maximum absolute atomic E-state index is 3.88. The van der Waals surface area contributed by atoms with Crippen LogP contribution in [0.4, 0.5) is 0 Å². The number of nitrogens with zero attached hydrogens (tertiary/aromatic N) is 1. The van der Waals surface area contributed by atoms with Gasteiger partial charge in [-0.2, -0.15) is 0 Å². The van der Waals surface area contributed by atoms with Crippen molar-refractivity contribution < 1.29 is 0 Å². The molecule has 2 nitrogen and oxygen atoms in total. The van der Waals surface area contributed by atoms with Crippen molar-refractivity contribution in [2.24, 2.45) is 4.99 Å². The molecular formula is C8H14N2. The molecule has 2 heteroatoms. The predicted octanol–water partition coefficient (Wildman–Crippen LogP) is 1.71. The van der Waals surface area contributed by atoms with Gasteiger partial charge in [-0.15, -0.1) is 0 Å². The smallest absolute Gasteiger partial charge is 0.0424 e. The number of rotatable bonds is 5. The summed E-state index contributed by atoms with van der Waals surface area (Å²) in [6, 6.07) is 0. The summed E-state index contributed by atoms with van der Waals surface area (Å²) < 4.78 is 0. The van der Waals surface area contributed by atoms with Crippen LogP contribution in [0.25, 0.3) is 0 Å². The van der Waals surface area contributed by atoms with Gasteiger partial charge in [0.2, 0.25) is 0 Å². The van der Waals surface area contributed by atoms with Crippen LogP contribution in [0.5, 0.6) is 0 Å². The largest absolute Gasteiger partial charge is 0.390 e. The van der Waals surface area contributed by atoms with Crippen LogP contribution in [0.3, 0.4) is 0 Å². The number of hydrogen-bond acceptors (Lipinski definition) is 2. The number of allylic oxidation sites excluding steroid dienone is 1. The average Bonchev–Trinajstić information content (AvgIpc) is 1.97. The second-order valence-corrected chi connectivity index (χ2v) is 1.80. The molecule has 0 heterocycles. The highest BCUT2D eigenvalue weighted by Crippen LogP contribution is 1.72. The molecule has 0 radical (unpaired) electrons. The molecule has 0 amide bonds. The molecule has 0 aromatic heterocycles. The molecule has 0 saturated carbocycles. The zero-order valence-electron chi connectivity index (χ0n) is 6.38. The van der Waals surface area contributed by atoms with Crippen molar-refractivity contribution in [1.82, 2.24) is 5.32 Å². The number of hydrogen-bond donors (Lipinski definition) is 1. The fourth-order valence-electron chi connectivity index (χ4n) is 0.434. The van der Waals surface area contributed by atoms with Gasteiger partial charge in [-0.25, -0.2) is 0 Å². The molecule has 0 fully saturated rings. The third-order valence-corrected chi connectivity index (χ3v) is 0.864. The summed E-state index contributed by atoms with van der Waals surface area (Å²) in [5, 5.41) is 3.07. The van der Waals surface area contributed by atoms with E-state index in [0.717, 1.165) is 13.0 Å². The molecule has 0 aromatic carbocycles. The molecule has 0 saturated heterocycles. The van der Waals surface area contributed by atoms with Gasteiger partial charge in [0.1, 0.15) is 0 Å². The molecular weight excluding hydrogens is 124 g/mol. The summed E-state index contributed by atoms with van der Waals surface area (Å²) in [4.78, 5) is 3.88. The molecule has 1 N–H and O–H groups in total. The van der Waals surface area contributed by atoms with E-state index in [-0.39, 0.29) is 0 Å². The SMILES string of the molecule is C=CC=N/C=C/NCCC. The molecule has 0 unspecified atom stereocenters. The standard InChI is InChI=1S/C8H14N2/c1-3-5-9-7-8-10-6-4-2/h3,5,7-8,10H,1,4,6H2,2H3/b8-7+,9-5?. The van der Waals surface area contributed by atoms with Crippen LogP contribution in [0.15, 0.2) is 30.0 Å². The Kier molecular flexibility index (Phi) is 7.12. The van der Waals surface area contributed by atoms with Crippen molar-refractivity contribution in [3.63, 3.8) is 0 Å². The average molecular weight is 138 g/mol. The number of aliphatic imine (C=N–C) groups is 1. The topological polar surface area (TPSA) is 24.4 Å². The lowest BCUT2D eigenvalue weighted by Gasteiger charge is -1.91. The van der Waals surface area contributed by atoms with Crippen LogP contribution in [0, 0.1) is 0 Å². The van der Waals surface area contributed by atoms with Crippen LogP contribution >= 0.6 is 0 Å². The van der Waals surface area contributed by atoms with E-state index in [1.165, 1.54) is 0 Å². The third-order valence-electron chi connectivity index (χ3n) is 0.864. The molecule has 0 aliphatic carbocycles. The van der Waals surface area contributed by atoms with Gasteiger partial charge in [0, 0.05) is 25.2 Å². The summed E-state index contributed by atoms with van der Waals surface area (Å²) in [7, 11) is 0. The minimum atomic E-state index is 1.00. The first-order valence-corrected chi connectivity index (χ1v) is 3.44. The van der Waals surface area contributed by atoms with Crippen LogP contribution in [-0.4, -0.2) is 12.8 Å². The summed E-state index contributed by atoms with van der Waals surface area (Å²) >= 11 is 0. The Bertz CT molecular complexity index is 125. The summed E-state index contributed by atoms with van der Waals surface area (Å²) in [6.45, 7) is 6.61. The highest BCUT2D eigenvalue weighted by Gasteiger charge is 1.70. The van der Waals surface area contributed by atoms with Crippen LogP contribution < -0.4 is 5.32 Å². The van der Waals surface area contributed by atoms with Gasteiger partial charge in [0.25, 0.3) is 0 Å². The van der Waals surface area contributed by atoms with Gasteiger partial charge >= 0.3 is 0 Å². The molecule has 0 bridgehead atoms. The molecule has 0 atom stereocenters. The fourth-order valence-corrected chi connectivity index (χ4v) is 0.434. The summed E-state index contributed by atoms with van der Waals surface area (Å²) in [5.41, 5.74) is 0. The summed E-state index contributed by atoms with van der Waals surface area (Å²) in [6.07, 6.45) is 7.95. The Balaban J connectivity index is 3.19.